The van der Waals surface area contributed by atoms with E-state index in [0.29, 0.717) is 29.7 Å². The maximum atomic E-state index is 13.0. The van der Waals surface area contributed by atoms with Crippen LogP contribution in [0.5, 0.6) is 0 Å². The molecule has 0 unspecified atom stereocenters. The Kier molecular flexibility index (Phi) is 6.18. The summed E-state index contributed by atoms with van der Waals surface area (Å²) in [4.78, 5) is 28.3. The molecule has 2 aromatic heterocycles. The van der Waals surface area contributed by atoms with Crippen molar-refractivity contribution in [2.45, 2.75) is 43.9 Å². The fraction of sp³-hybridized carbons (Fsp3) is 0.333. The number of carbonyl (C=O) groups excluding carboxylic acids is 1. The molecule has 7 heteroatoms. The van der Waals surface area contributed by atoms with Gasteiger partial charge in [0, 0.05) is 24.1 Å². The molecule has 1 saturated heterocycles. The lowest BCUT2D eigenvalue weighted by Crippen LogP contribution is -2.50. The van der Waals surface area contributed by atoms with Gasteiger partial charge in [-0.05, 0) is 68.2 Å². The van der Waals surface area contributed by atoms with Crippen LogP contribution >= 0.6 is 0 Å². The average molecular weight is 499 g/mol. The molecule has 2 atom stereocenters. The zero-order chi connectivity index (χ0) is 25.4. The summed E-state index contributed by atoms with van der Waals surface area (Å²) in [5.74, 6) is 0.0461. The van der Waals surface area contributed by atoms with E-state index in [1.54, 1.807) is 18.4 Å². The number of fused-ring (bicyclic) bond motifs is 3. The summed E-state index contributed by atoms with van der Waals surface area (Å²) in [5.41, 5.74) is 3.43. The van der Waals surface area contributed by atoms with Crippen molar-refractivity contribution in [2.24, 2.45) is 0 Å². The molecule has 1 spiro atoms. The molecule has 0 radical (unpaired) electrons. The lowest BCUT2D eigenvalue weighted by atomic mass is 9.71. The van der Waals surface area contributed by atoms with Gasteiger partial charge in [0.25, 0.3) is 5.91 Å². The van der Waals surface area contributed by atoms with Crippen LogP contribution < -0.4 is 10.7 Å². The van der Waals surface area contributed by atoms with Crippen LogP contribution in [0.1, 0.15) is 53.1 Å². The standard InChI is InChI=1S/C30H30N2O5/c1-2-35-28-26(31-29(34)25-12-7-17-36-25)21-8-3-5-10-23(21)30(28)13-15-32(16-14-30)18-20-19-37-24-11-6-4-9-22(24)27(20)33/h3-12,17,19,26,28H,2,13-16,18H2,1H3,(H,31,34)/t26-,28+/m1/s1. The molecule has 1 aliphatic carbocycles. The Morgan fingerprint density at radius 3 is 2.62 bits per heavy atom. The van der Waals surface area contributed by atoms with Gasteiger partial charge < -0.3 is 18.9 Å². The maximum Gasteiger partial charge on any atom is 0.287 e. The molecule has 190 valence electrons. The van der Waals surface area contributed by atoms with E-state index in [-0.39, 0.29) is 34.7 Å². The predicted octanol–water partition coefficient (Wildman–Crippen LogP) is 4.81. The highest BCUT2D eigenvalue weighted by Gasteiger charge is 2.54. The maximum absolute atomic E-state index is 13.0. The molecule has 4 aromatic rings. The van der Waals surface area contributed by atoms with Gasteiger partial charge in [-0.3, -0.25) is 14.5 Å². The molecule has 3 heterocycles. The van der Waals surface area contributed by atoms with E-state index in [1.807, 2.05) is 37.3 Å². The number of furan rings is 1. The number of rotatable bonds is 6. The van der Waals surface area contributed by atoms with E-state index < -0.39 is 0 Å². The highest BCUT2D eigenvalue weighted by Crippen LogP contribution is 2.52. The Labute approximate surface area is 215 Å². The van der Waals surface area contributed by atoms with Crippen LogP contribution in [-0.4, -0.2) is 36.6 Å². The van der Waals surface area contributed by atoms with Crippen LogP contribution in [0.25, 0.3) is 11.0 Å². The molecular weight excluding hydrogens is 468 g/mol. The van der Waals surface area contributed by atoms with E-state index in [9.17, 15) is 9.59 Å². The zero-order valence-electron chi connectivity index (χ0n) is 20.8. The summed E-state index contributed by atoms with van der Waals surface area (Å²) in [5, 5.41) is 3.81. The smallest absolute Gasteiger partial charge is 0.287 e. The van der Waals surface area contributed by atoms with Gasteiger partial charge >= 0.3 is 0 Å². The molecule has 1 fully saturated rings. The molecule has 37 heavy (non-hydrogen) atoms. The lowest BCUT2D eigenvalue weighted by molar-refractivity contribution is -0.0336. The molecular formula is C30H30N2O5. The summed E-state index contributed by atoms with van der Waals surface area (Å²) in [6, 6.07) is 18.8. The first-order valence-corrected chi connectivity index (χ1v) is 12.9. The van der Waals surface area contributed by atoms with Crippen LogP contribution in [0.15, 0.2) is 86.8 Å². The van der Waals surface area contributed by atoms with Gasteiger partial charge in [-0.15, -0.1) is 0 Å². The number of ether oxygens (including phenoxy) is 1. The summed E-state index contributed by atoms with van der Waals surface area (Å²) in [7, 11) is 0. The number of benzene rings is 2. The van der Waals surface area contributed by atoms with Gasteiger partial charge in [-0.25, -0.2) is 0 Å². The second kappa shape index (κ2) is 9.65. The van der Waals surface area contributed by atoms with Crippen molar-refractivity contribution in [2.75, 3.05) is 19.7 Å². The van der Waals surface area contributed by atoms with Crippen LogP contribution in [0, 0.1) is 0 Å². The summed E-state index contributed by atoms with van der Waals surface area (Å²) in [6.45, 7) is 4.71. The van der Waals surface area contributed by atoms with E-state index in [1.165, 1.54) is 11.8 Å². The van der Waals surface area contributed by atoms with Gasteiger partial charge in [0.2, 0.25) is 0 Å². The van der Waals surface area contributed by atoms with Crippen molar-refractivity contribution in [3.63, 3.8) is 0 Å². The van der Waals surface area contributed by atoms with Gasteiger partial charge in [-0.1, -0.05) is 36.4 Å². The van der Waals surface area contributed by atoms with E-state index in [4.69, 9.17) is 13.6 Å². The highest BCUT2D eigenvalue weighted by molar-refractivity contribution is 5.91. The molecule has 1 aliphatic heterocycles. The van der Waals surface area contributed by atoms with Gasteiger partial charge in [0.15, 0.2) is 11.2 Å². The second-order valence-corrected chi connectivity index (χ2v) is 9.91. The Morgan fingerprint density at radius 2 is 1.84 bits per heavy atom. The molecule has 7 nitrogen and oxygen atoms in total. The third-order valence-electron chi connectivity index (χ3n) is 7.95. The third-order valence-corrected chi connectivity index (χ3v) is 7.95. The summed E-state index contributed by atoms with van der Waals surface area (Å²) in [6.07, 6.45) is 4.64. The van der Waals surface area contributed by atoms with Crippen molar-refractivity contribution in [3.05, 3.63) is 106 Å². The number of nitrogens with one attached hydrogen (secondary N) is 1. The first-order chi connectivity index (χ1) is 18.1. The predicted molar refractivity (Wildman–Crippen MR) is 139 cm³/mol. The quantitative estimate of drug-likeness (QED) is 0.411. The van der Waals surface area contributed by atoms with Gasteiger partial charge in [-0.2, -0.15) is 0 Å². The number of likely N-dealkylation sites (tertiary alicyclic amines) is 1. The van der Waals surface area contributed by atoms with Crippen LogP contribution in [0.3, 0.4) is 0 Å². The highest BCUT2D eigenvalue weighted by atomic mass is 16.5. The number of para-hydroxylation sites is 1. The monoisotopic (exact) mass is 498 g/mol. The SMILES string of the molecule is CCO[C@H]1[C@H](NC(=O)c2ccco2)c2ccccc2C12CCN(Cc1coc3ccccc3c1=O)CC2. The van der Waals surface area contributed by atoms with Crippen LogP contribution in [0.4, 0.5) is 0 Å². The summed E-state index contributed by atoms with van der Waals surface area (Å²) < 4.78 is 17.5. The molecule has 2 aliphatic rings. The third kappa shape index (κ3) is 4.08. The van der Waals surface area contributed by atoms with E-state index >= 15 is 0 Å². The Morgan fingerprint density at radius 1 is 1.05 bits per heavy atom. The molecule has 2 aromatic carbocycles. The Hall–Kier alpha value is -3.68. The van der Waals surface area contributed by atoms with Gasteiger partial charge in [0.05, 0.1) is 30.1 Å². The van der Waals surface area contributed by atoms with Gasteiger partial charge in [0.1, 0.15) is 5.58 Å². The van der Waals surface area contributed by atoms with E-state index in [0.717, 1.165) is 31.5 Å². The number of nitrogens with zero attached hydrogens (tertiary/aromatic N) is 1. The largest absolute Gasteiger partial charge is 0.464 e. The minimum absolute atomic E-state index is 0.0289. The van der Waals surface area contributed by atoms with Crippen LogP contribution in [0.2, 0.25) is 0 Å². The number of hydrogen-bond donors (Lipinski definition) is 1. The Bertz CT molecular complexity index is 1470. The van der Waals surface area contributed by atoms with Crippen molar-refractivity contribution in [1.82, 2.24) is 10.2 Å². The minimum Gasteiger partial charge on any atom is -0.464 e. The number of amides is 1. The first kappa shape index (κ1) is 23.7. The number of piperidine rings is 1. The van der Waals surface area contributed by atoms with Crippen LogP contribution in [-0.2, 0) is 16.7 Å². The molecule has 0 saturated carbocycles. The van der Waals surface area contributed by atoms with Crippen molar-refractivity contribution < 1.29 is 18.4 Å². The average Bonchev–Trinajstić information content (AvgIpc) is 3.55. The van der Waals surface area contributed by atoms with E-state index in [2.05, 4.69) is 28.4 Å². The molecule has 6 rings (SSSR count). The van der Waals surface area contributed by atoms with Crippen molar-refractivity contribution in [3.8, 4) is 0 Å². The molecule has 0 bridgehead atoms. The Balaban J connectivity index is 1.26. The summed E-state index contributed by atoms with van der Waals surface area (Å²) >= 11 is 0. The second-order valence-electron chi connectivity index (χ2n) is 9.91. The first-order valence-electron chi connectivity index (χ1n) is 12.9. The lowest BCUT2D eigenvalue weighted by Gasteiger charge is -2.44. The fourth-order valence-corrected chi connectivity index (χ4v) is 6.20. The fourth-order valence-electron chi connectivity index (χ4n) is 6.20. The van der Waals surface area contributed by atoms with Crippen molar-refractivity contribution >= 4 is 16.9 Å². The molecule has 1 amide bonds. The number of hydrogen-bond acceptors (Lipinski definition) is 6. The molecule has 1 N–H and O–H groups in total. The number of carbonyl (C=O) groups is 1. The topological polar surface area (TPSA) is 84.9 Å². The van der Waals surface area contributed by atoms with Crippen molar-refractivity contribution in [1.29, 1.82) is 0 Å². The zero-order valence-corrected chi connectivity index (χ0v) is 20.8. The minimum atomic E-state index is -0.271. The normalized spacial score (nSPS) is 20.8.